The summed E-state index contributed by atoms with van der Waals surface area (Å²) in [6.07, 6.45) is 2.57. The standard InChI is InChI=1S/C30H24N4O9/c1-18-2-15-25-26(16-18)30(38)32(29(25)37)31(28(36)20-3-7-21(8-4-20)33(39)40)17-27(35)19-5-11-23(12-6-19)43-24-13-9-22(10-14-24)34(41)42/h2-14,25-26H,15-17H2,1H3/t25-,26+/m1/s1. The molecule has 0 N–H and O–H groups in total. The predicted molar refractivity (Wildman–Crippen MR) is 150 cm³/mol. The highest BCUT2D eigenvalue weighted by Gasteiger charge is 2.51. The summed E-state index contributed by atoms with van der Waals surface area (Å²) in [5, 5.41) is 23.5. The van der Waals surface area contributed by atoms with Crippen LogP contribution in [0, 0.1) is 32.1 Å². The van der Waals surface area contributed by atoms with E-state index in [1.807, 2.05) is 13.0 Å². The molecule has 3 aromatic rings. The fraction of sp³-hybridized carbons (Fsp3) is 0.200. The number of hydrogen-bond donors (Lipinski definition) is 0. The number of nitrogens with zero attached hydrogens (tertiary/aromatic N) is 4. The van der Waals surface area contributed by atoms with E-state index in [1.54, 1.807) is 0 Å². The maximum Gasteiger partial charge on any atom is 0.273 e. The highest BCUT2D eigenvalue weighted by molar-refractivity contribution is 6.09. The molecule has 5 rings (SSSR count). The summed E-state index contributed by atoms with van der Waals surface area (Å²) in [5.74, 6) is -3.24. The Labute approximate surface area is 244 Å². The van der Waals surface area contributed by atoms with Gasteiger partial charge in [0.1, 0.15) is 18.0 Å². The molecule has 0 unspecified atom stereocenters. The van der Waals surface area contributed by atoms with E-state index in [9.17, 15) is 39.4 Å². The molecular formula is C30H24N4O9. The zero-order chi connectivity index (χ0) is 30.8. The zero-order valence-electron chi connectivity index (χ0n) is 22.7. The van der Waals surface area contributed by atoms with Crippen molar-refractivity contribution < 1.29 is 33.8 Å². The first-order chi connectivity index (χ1) is 20.5. The Morgan fingerprint density at radius 2 is 1.30 bits per heavy atom. The third-order valence-electron chi connectivity index (χ3n) is 7.35. The number of imide groups is 1. The van der Waals surface area contributed by atoms with Gasteiger partial charge < -0.3 is 4.74 Å². The normalized spacial score (nSPS) is 17.6. The average molecular weight is 585 g/mol. The summed E-state index contributed by atoms with van der Waals surface area (Å²) in [6.45, 7) is 1.21. The molecule has 43 heavy (non-hydrogen) atoms. The van der Waals surface area contributed by atoms with Gasteiger partial charge in [-0.3, -0.25) is 39.4 Å². The quantitative estimate of drug-likeness (QED) is 0.112. The third-order valence-corrected chi connectivity index (χ3v) is 7.35. The molecule has 0 spiro atoms. The number of carbonyl (C=O) groups excluding carboxylic acids is 4. The first-order valence-electron chi connectivity index (χ1n) is 13.2. The number of benzene rings is 3. The van der Waals surface area contributed by atoms with Gasteiger partial charge >= 0.3 is 0 Å². The molecule has 1 heterocycles. The second-order valence-corrected chi connectivity index (χ2v) is 10.2. The van der Waals surface area contributed by atoms with Crippen LogP contribution in [0.1, 0.15) is 40.5 Å². The van der Waals surface area contributed by atoms with Gasteiger partial charge in [0.05, 0.1) is 21.7 Å². The number of ketones is 1. The Morgan fingerprint density at radius 3 is 1.86 bits per heavy atom. The van der Waals surface area contributed by atoms with Crippen LogP contribution >= 0.6 is 0 Å². The SMILES string of the molecule is CC1=CC[C@H]2C(=O)N(N(CC(=O)c3ccc(Oc4ccc([N+](=O)[O-])cc4)cc3)C(=O)c3ccc([N+](=O)[O-])cc3)C(=O)[C@H]2C1. The zero-order valence-corrected chi connectivity index (χ0v) is 22.7. The summed E-state index contributed by atoms with van der Waals surface area (Å²) in [4.78, 5) is 74.6. The van der Waals surface area contributed by atoms with E-state index in [2.05, 4.69) is 0 Å². The van der Waals surface area contributed by atoms with Crippen molar-refractivity contribution in [3.63, 3.8) is 0 Å². The van der Waals surface area contributed by atoms with Gasteiger partial charge in [-0.1, -0.05) is 11.6 Å². The van der Waals surface area contributed by atoms with E-state index in [4.69, 9.17) is 4.74 Å². The lowest BCUT2D eigenvalue weighted by atomic mass is 9.82. The molecule has 0 radical (unpaired) electrons. The number of hydrazine groups is 1. The molecular weight excluding hydrogens is 560 g/mol. The van der Waals surface area contributed by atoms with Crippen molar-refractivity contribution in [3.05, 3.63) is 116 Å². The molecule has 2 aliphatic rings. The van der Waals surface area contributed by atoms with Gasteiger partial charge in [0, 0.05) is 35.4 Å². The van der Waals surface area contributed by atoms with Crippen molar-refractivity contribution in [3.8, 4) is 11.5 Å². The van der Waals surface area contributed by atoms with Crippen LogP contribution < -0.4 is 4.74 Å². The maximum atomic E-state index is 13.6. The minimum absolute atomic E-state index is 0.0463. The van der Waals surface area contributed by atoms with E-state index >= 15 is 0 Å². The number of non-ortho nitro benzene ring substituents is 2. The number of allylic oxidation sites excluding steroid dienone is 2. The van der Waals surface area contributed by atoms with Gasteiger partial charge in [-0.05, 0) is 68.3 Å². The minimum atomic E-state index is -0.841. The monoisotopic (exact) mass is 584 g/mol. The number of nitro benzene ring substituents is 2. The Morgan fingerprint density at radius 1 is 0.814 bits per heavy atom. The molecule has 1 aliphatic heterocycles. The van der Waals surface area contributed by atoms with Crippen molar-refractivity contribution >= 4 is 34.9 Å². The van der Waals surface area contributed by atoms with Crippen LogP contribution in [0.25, 0.3) is 0 Å². The van der Waals surface area contributed by atoms with E-state index < -0.39 is 51.7 Å². The number of hydrogen-bond acceptors (Lipinski definition) is 9. The Bertz CT molecular complexity index is 1670. The number of Topliss-reactive ketones (excluding diaryl/α,β-unsaturated/α-hetero) is 1. The molecule has 13 nitrogen and oxygen atoms in total. The van der Waals surface area contributed by atoms with Crippen LogP contribution in [-0.2, 0) is 9.59 Å². The van der Waals surface area contributed by atoms with Crippen LogP contribution in [0.3, 0.4) is 0 Å². The summed E-state index contributed by atoms with van der Waals surface area (Å²) < 4.78 is 5.67. The third kappa shape index (κ3) is 5.86. The van der Waals surface area contributed by atoms with Crippen molar-refractivity contribution in [1.29, 1.82) is 0 Å². The van der Waals surface area contributed by atoms with E-state index in [0.717, 1.165) is 27.7 Å². The number of amides is 3. The molecule has 2 atom stereocenters. The second kappa shape index (κ2) is 11.6. The molecule has 1 saturated heterocycles. The average Bonchev–Trinajstić information content (AvgIpc) is 3.24. The van der Waals surface area contributed by atoms with Crippen molar-refractivity contribution in [2.24, 2.45) is 11.8 Å². The van der Waals surface area contributed by atoms with Gasteiger partial charge in [0.2, 0.25) is 0 Å². The maximum absolute atomic E-state index is 13.6. The lowest BCUT2D eigenvalue weighted by molar-refractivity contribution is -0.385. The van der Waals surface area contributed by atoms with E-state index in [1.165, 1.54) is 60.7 Å². The summed E-state index contributed by atoms with van der Waals surface area (Å²) in [6, 6.07) is 16.0. The van der Waals surface area contributed by atoms with Crippen LogP contribution in [0.4, 0.5) is 11.4 Å². The lowest BCUT2D eigenvalue weighted by Crippen LogP contribution is -2.52. The van der Waals surface area contributed by atoms with Crippen molar-refractivity contribution in [1.82, 2.24) is 10.0 Å². The molecule has 3 amide bonds. The van der Waals surface area contributed by atoms with Crippen LogP contribution in [-0.4, -0.2) is 49.9 Å². The first-order valence-corrected chi connectivity index (χ1v) is 13.2. The fourth-order valence-corrected chi connectivity index (χ4v) is 5.07. The molecule has 1 fully saturated rings. The van der Waals surface area contributed by atoms with Gasteiger partial charge in [0.25, 0.3) is 29.1 Å². The number of carbonyl (C=O) groups is 4. The Balaban J connectivity index is 1.38. The second-order valence-electron chi connectivity index (χ2n) is 10.2. The number of rotatable bonds is 9. The van der Waals surface area contributed by atoms with Gasteiger partial charge in [-0.15, -0.1) is 0 Å². The van der Waals surface area contributed by atoms with Crippen LogP contribution in [0.2, 0.25) is 0 Å². The van der Waals surface area contributed by atoms with Crippen LogP contribution in [0.5, 0.6) is 11.5 Å². The summed E-state index contributed by atoms with van der Waals surface area (Å²) >= 11 is 0. The molecule has 3 aromatic carbocycles. The van der Waals surface area contributed by atoms with Crippen molar-refractivity contribution in [2.45, 2.75) is 19.8 Å². The molecule has 0 aromatic heterocycles. The van der Waals surface area contributed by atoms with Crippen molar-refractivity contribution in [2.75, 3.05) is 6.54 Å². The molecule has 13 heteroatoms. The van der Waals surface area contributed by atoms with Gasteiger partial charge in [-0.25, -0.2) is 5.01 Å². The lowest BCUT2D eigenvalue weighted by Gasteiger charge is -2.30. The topological polar surface area (TPSA) is 170 Å². The first kappa shape index (κ1) is 28.8. The Kier molecular flexibility index (Phi) is 7.80. The highest BCUT2D eigenvalue weighted by atomic mass is 16.6. The summed E-state index contributed by atoms with van der Waals surface area (Å²) in [7, 11) is 0. The Hall–Kier alpha value is -5.72. The van der Waals surface area contributed by atoms with Gasteiger partial charge in [0.15, 0.2) is 5.78 Å². The number of nitro groups is 2. The van der Waals surface area contributed by atoms with Crippen LogP contribution in [0.15, 0.2) is 84.4 Å². The van der Waals surface area contributed by atoms with E-state index in [-0.39, 0.29) is 22.5 Å². The minimum Gasteiger partial charge on any atom is -0.457 e. The van der Waals surface area contributed by atoms with Gasteiger partial charge in [-0.2, -0.15) is 5.01 Å². The summed E-state index contributed by atoms with van der Waals surface area (Å²) in [5.41, 5.74) is 0.712. The molecule has 0 saturated carbocycles. The van der Waals surface area contributed by atoms with E-state index in [0.29, 0.717) is 24.3 Å². The number of ether oxygens (including phenoxy) is 1. The molecule has 218 valence electrons. The largest absolute Gasteiger partial charge is 0.457 e. The predicted octanol–water partition coefficient (Wildman–Crippen LogP) is 4.88. The number of fused-ring (bicyclic) bond motifs is 1. The molecule has 0 bridgehead atoms. The molecule has 1 aliphatic carbocycles. The fourth-order valence-electron chi connectivity index (χ4n) is 5.07. The smallest absolute Gasteiger partial charge is 0.273 e. The highest BCUT2D eigenvalue weighted by Crippen LogP contribution is 2.38.